The molecule has 2 aliphatic heterocycles. The molecule has 0 unspecified atom stereocenters. The van der Waals surface area contributed by atoms with Gasteiger partial charge in [0, 0.05) is 39.3 Å². The van der Waals surface area contributed by atoms with E-state index < -0.39 is 10.0 Å². The Labute approximate surface area is 113 Å². The minimum atomic E-state index is -3.20. The van der Waals surface area contributed by atoms with E-state index >= 15 is 0 Å². The van der Waals surface area contributed by atoms with E-state index in [1.807, 2.05) is 0 Å². The number of carbonyl (C=O) groups is 1. The van der Waals surface area contributed by atoms with Crippen molar-refractivity contribution in [1.82, 2.24) is 14.1 Å². The Morgan fingerprint density at radius 2 is 1.79 bits per heavy atom. The molecule has 0 atom stereocenters. The summed E-state index contributed by atoms with van der Waals surface area (Å²) in [6.07, 6.45) is 0.611. The number of amides is 1. The predicted octanol–water partition coefficient (Wildman–Crippen LogP) is -1.84. The lowest BCUT2D eigenvalue weighted by Crippen LogP contribution is -2.51. The highest BCUT2D eigenvalue weighted by atomic mass is 32.2. The Morgan fingerprint density at radius 3 is 2.32 bits per heavy atom. The summed E-state index contributed by atoms with van der Waals surface area (Å²) in [5.74, 6) is 0.0407. The van der Waals surface area contributed by atoms with Gasteiger partial charge in [-0.05, 0) is 6.42 Å². The van der Waals surface area contributed by atoms with E-state index in [-0.39, 0.29) is 24.8 Å². The summed E-state index contributed by atoms with van der Waals surface area (Å²) in [6, 6.07) is 0. The molecule has 0 bridgehead atoms. The monoisotopic (exact) mass is 291 g/mol. The van der Waals surface area contributed by atoms with Crippen molar-refractivity contribution in [3.8, 4) is 0 Å². The van der Waals surface area contributed by atoms with Gasteiger partial charge in [-0.2, -0.15) is 4.31 Å². The molecule has 2 rings (SSSR count). The molecule has 0 aromatic carbocycles. The number of hydrogen-bond acceptors (Lipinski definition) is 5. The van der Waals surface area contributed by atoms with Crippen molar-refractivity contribution in [3.05, 3.63) is 0 Å². The van der Waals surface area contributed by atoms with Gasteiger partial charge in [-0.25, -0.2) is 8.42 Å². The third kappa shape index (κ3) is 3.65. The summed E-state index contributed by atoms with van der Waals surface area (Å²) >= 11 is 0. The van der Waals surface area contributed by atoms with Crippen LogP contribution in [0.4, 0.5) is 0 Å². The van der Waals surface area contributed by atoms with Crippen molar-refractivity contribution in [3.63, 3.8) is 0 Å². The first kappa shape index (κ1) is 14.7. The Bertz CT molecular complexity index is 418. The molecule has 2 saturated heterocycles. The van der Waals surface area contributed by atoms with Crippen LogP contribution in [0.3, 0.4) is 0 Å². The van der Waals surface area contributed by atoms with E-state index in [1.165, 1.54) is 4.31 Å². The number of aliphatic hydroxyl groups excluding tert-OH is 1. The molecule has 0 spiro atoms. The normalized spacial score (nSPS) is 24.8. The minimum Gasteiger partial charge on any atom is -0.395 e. The summed E-state index contributed by atoms with van der Waals surface area (Å²) < 4.78 is 24.6. The molecular weight excluding hydrogens is 270 g/mol. The fraction of sp³-hybridized carbons (Fsp3) is 0.909. The quantitative estimate of drug-likeness (QED) is 0.658. The SMILES string of the molecule is O=C(CN1CCCS1(=O)=O)N1CCN(CCO)CC1. The minimum absolute atomic E-state index is 0.0255. The van der Waals surface area contributed by atoms with Crippen molar-refractivity contribution < 1.29 is 18.3 Å². The van der Waals surface area contributed by atoms with Gasteiger partial charge in [-0.15, -0.1) is 0 Å². The van der Waals surface area contributed by atoms with Crippen molar-refractivity contribution in [2.24, 2.45) is 0 Å². The lowest BCUT2D eigenvalue weighted by atomic mass is 10.3. The number of aliphatic hydroxyl groups is 1. The highest BCUT2D eigenvalue weighted by Gasteiger charge is 2.31. The zero-order valence-corrected chi connectivity index (χ0v) is 11.8. The van der Waals surface area contributed by atoms with Crippen LogP contribution in [0.25, 0.3) is 0 Å². The maximum absolute atomic E-state index is 12.1. The van der Waals surface area contributed by atoms with Crippen LogP contribution in [0, 0.1) is 0 Å². The topological polar surface area (TPSA) is 81.2 Å². The van der Waals surface area contributed by atoms with Crippen molar-refractivity contribution >= 4 is 15.9 Å². The molecule has 2 aliphatic rings. The molecule has 2 fully saturated rings. The number of hydrogen-bond donors (Lipinski definition) is 1. The first-order chi connectivity index (χ1) is 9.03. The van der Waals surface area contributed by atoms with E-state index in [4.69, 9.17) is 5.11 Å². The lowest BCUT2D eigenvalue weighted by Gasteiger charge is -2.35. The number of sulfonamides is 1. The van der Waals surface area contributed by atoms with Gasteiger partial charge in [0.2, 0.25) is 15.9 Å². The molecule has 0 saturated carbocycles. The molecule has 0 aromatic rings. The van der Waals surface area contributed by atoms with Crippen molar-refractivity contribution in [2.45, 2.75) is 6.42 Å². The third-order valence-corrected chi connectivity index (χ3v) is 5.56. The van der Waals surface area contributed by atoms with Gasteiger partial charge in [0.1, 0.15) is 0 Å². The van der Waals surface area contributed by atoms with Gasteiger partial charge >= 0.3 is 0 Å². The highest BCUT2D eigenvalue weighted by molar-refractivity contribution is 7.89. The molecular formula is C11H21N3O4S. The van der Waals surface area contributed by atoms with Crippen LogP contribution in [-0.4, -0.2) is 91.7 Å². The van der Waals surface area contributed by atoms with E-state index in [1.54, 1.807) is 4.90 Å². The van der Waals surface area contributed by atoms with E-state index in [0.717, 1.165) is 13.1 Å². The largest absolute Gasteiger partial charge is 0.395 e. The fourth-order valence-electron chi connectivity index (χ4n) is 2.48. The molecule has 0 radical (unpaired) electrons. The predicted molar refractivity (Wildman–Crippen MR) is 70.1 cm³/mol. The Kier molecular flexibility index (Phi) is 4.77. The summed E-state index contributed by atoms with van der Waals surface area (Å²) in [7, 11) is -3.20. The maximum Gasteiger partial charge on any atom is 0.237 e. The van der Waals surface area contributed by atoms with Gasteiger partial charge < -0.3 is 10.0 Å². The van der Waals surface area contributed by atoms with Crippen LogP contribution in [0.15, 0.2) is 0 Å². The standard InChI is InChI=1S/C11H21N3O4S/c15-8-7-12-3-5-13(6-4-12)11(16)10-14-2-1-9-19(14,17)18/h15H,1-10H2. The summed E-state index contributed by atoms with van der Waals surface area (Å²) in [6.45, 7) is 3.86. The van der Waals surface area contributed by atoms with E-state index in [9.17, 15) is 13.2 Å². The first-order valence-electron chi connectivity index (χ1n) is 6.62. The summed E-state index contributed by atoms with van der Waals surface area (Å²) in [5, 5.41) is 8.85. The molecule has 0 aromatic heterocycles. The molecule has 2 heterocycles. The smallest absolute Gasteiger partial charge is 0.237 e. The molecule has 19 heavy (non-hydrogen) atoms. The number of rotatable bonds is 4. The molecule has 0 aliphatic carbocycles. The molecule has 1 N–H and O–H groups in total. The first-order valence-corrected chi connectivity index (χ1v) is 8.22. The van der Waals surface area contributed by atoms with E-state index in [2.05, 4.69) is 4.90 Å². The van der Waals surface area contributed by atoms with Crippen LogP contribution < -0.4 is 0 Å². The van der Waals surface area contributed by atoms with Crippen molar-refractivity contribution in [2.75, 3.05) is 58.2 Å². The Balaban J connectivity index is 1.82. The van der Waals surface area contributed by atoms with Crippen LogP contribution in [0.2, 0.25) is 0 Å². The van der Waals surface area contributed by atoms with Crippen LogP contribution in [0.5, 0.6) is 0 Å². The second-order valence-electron chi connectivity index (χ2n) is 4.95. The second-order valence-corrected chi connectivity index (χ2v) is 7.04. The zero-order valence-electron chi connectivity index (χ0n) is 11.0. The summed E-state index contributed by atoms with van der Waals surface area (Å²) in [5.41, 5.74) is 0. The van der Waals surface area contributed by atoms with Gasteiger partial charge in [-0.3, -0.25) is 9.69 Å². The Hall–Kier alpha value is -0.700. The number of β-amino-alcohol motifs (C(OH)–C–C–N with tert-alkyl or cyclic N) is 1. The molecule has 8 heteroatoms. The van der Waals surface area contributed by atoms with Crippen LogP contribution >= 0.6 is 0 Å². The summed E-state index contributed by atoms with van der Waals surface area (Å²) in [4.78, 5) is 15.9. The zero-order chi connectivity index (χ0) is 13.9. The van der Waals surface area contributed by atoms with Gasteiger partial charge in [-0.1, -0.05) is 0 Å². The molecule has 1 amide bonds. The molecule has 7 nitrogen and oxygen atoms in total. The van der Waals surface area contributed by atoms with Crippen LogP contribution in [0.1, 0.15) is 6.42 Å². The Morgan fingerprint density at radius 1 is 1.11 bits per heavy atom. The van der Waals surface area contributed by atoms with Crippen LogP contribution in [-0.2, 0) is 14.8 Å². The average molecular weight is 291 g/mol. The number of carbonyl (C=O) groups excluding carboxylic acids is 1. The van der Waals surface area contributed by atoms with E-state index in [0.29, 0.717) is 32.6 Å². The number of piperazine rings is 1. The maximum atomic E-state index is 12.1. The average Bonchev–Trinajstić information content (AvgIpc) is 2.70. The highest BCUT2D eigenvalue weighted by Crippen LogP contribution is 2.13. The van der Waals surface area contributed by atoms with Gasteiger partial charge in [0.15, 0.2) is 0 Å². The van der Waals surface area contributed by atoms with Gasteiger partial charge in [0.05, 0.1) is 18.9 Å². The fourth-order valence-corrected chi connectivity index (χ4v) is 3.95. The third-order valence-electron chi connectivity index (χ3n) is 3.66. The van der Waals surface area contributed by atoms with Crippen molar-refractivity contribution in [1.29, 1.82) is 0 Å². The van der Waals surface area contributed by atoms with Gasteiger partial charge in [0.25, 0.3) is 0 Å². The molecule has 110 valence electrons. The second kappa shape index (κ2) is 6.17. The number of nitrogens with zero attached hydrogens (tertiary/aromatic N) is 3. The lowest BCUT2D eigenvalue weighted by molar-refractivity contribution is -0.133.